The van der Waals surface area contributed by atoms with Crippen LogP contribution in [0.1, 0.15) is 39.0 Å². The number of carbonyl (C=O) groups excluding carboxylic acids is 1. The number of hydrogen-bond donors (Lipinski definition) is 0. The molecule has 0 spiro atoms. The van der Waals surface area contributed by atoms with Gasteiger partial charge in [0.05, 0.1) is 44.7 Å². The minimum Gasteiger partial charge on any atom is -0.460 e. The van der Waals surface area contributed by atoms with Crippen LogP contribution in [0.4, 0.5) is 0 Å². The molecule has 1 fully saturated rings. The second-order valence-electron chi connectivity index (χ2n) is 5.93. The second kappa shape index (κ2) is 12.3. The molecule has 0 aromatic rings. The zero-order valence-electron chi connectivity index (χ0n) is 14.3. The second-order valence-corrected chi connectivity index (χ2v) is 5.93. The van der Waals surface area contributed by atoms with Gasteiger partial charge in [-0.05, 0) is 19.8 Å². The van der Waals surface area contributed by atoms with Crippen LogP contribution in [-0.2, 0) is 23.7 Å². The summed E-state index contributed by atoms with van der Waals surface area (Å²) < 4.78 is 21.4. The Balaban J connectivity index is 1.92. The molecular formula is C18H30O5. The van der Waals surface area contributed by atoms with Gasteiger partial charge in [0.25, 0.3) is 0 Å². The summed E-state index contributed by atoms with van der Waals surface area (Å²) in [4.78, 5) is 11.6. The molecule has 0 aromatic heterocycles. The maximum atomic E-state index is 11.6. The molecule has 1 aliphatic rings. The summed E-state index contributed by atoms with van der Waals surface area (Å²) in [6.07, 6.45) is 6.57. The molecule has 5 heteroatoms. The lowest BCUT2D eigenvalue weighted by Gasteiger charge is -2.21. The molecule has 0 aliphatic heterocycles. The Morgan fingerprint density at radius 2 is 1.65 bits per heavy atom. The number of rotatable bonds is 12. The lowest BCUT2D eigenvalue weighted by molar-refractivity contribution is -0.141. The molecule has 132 valence electrons. The Morgan fingerprint density at radius 3 is 2.35 bits per heavy atom. The zero-order valence-corrected chi connectivity index (χ0v) is 14.3. The first-order chi connectivity index (χ1) is 11.1. The van der Waals surface area contributed by atoms with Crippen LogP contribution in [0, 0.1) is 0 Å². The minimum atomic E-state index is -0.450. The van der Waals surface area contributed by atoms with Crippen LogP contribution in [0.25, 0.3) is 0 Å². The Hall–Kier alpha value is -1.17. The summed E-state index contributed by atoms with van der Waals surface area (Å²) in [5.41, 5.74) is 1.20. The molecule has 0 saturated heterocycles. The number of hydrogen-bond acceptors (Lipinski definition) is 5. The molecule has 0 radical (unpaired) electrons. The Kier molecular flexibility index (Phi) is 10.6. The average molecular weight is 326 g/mol. The van der Waals surface area contributed by atoms with Crippen LogP contribution in [0.5, 0.6) is 0 Å². The van der Waals surface area contributed by atoms with E-state index < -0.39 is 5.97 Å². The van der Waals surface area contributed by atoms with Crippen molar-refractivity contribution in [3.63, 3.8) is 0 Å². The van der Waals surface area contributed by atoms with Crippen LogP contribution in [0.15, 0.2) is 24.3 Å². The Morgan fingerprint density at radius 1 is 0.957 bits per heavy atom. The van der Waals surface area contributed by atoms with Gasteiger partial charge in [0, 0.05) is 0 Å². The third-order valence-electron chi connectivity index (χ3n) is 3.51. The Labute approximate surface area is 139 Å². The van der Waals surface area contributed by atoms with Gasteiger partial charge in [-0.25, -0.2) is 4.79 Å². The van der Waals surface area contributed by atoms with Crippen LogP contribution < -0.4 is 0 Å². The van der Waals surface area contributed by atoms with Crippen molar-refractivity contribution in [3.8, 4) is 0 Å². The maximum absolute atomic E-state index is 11.6. The van der Waals surface area contributed by atoms with Gasteiger partial charge < -0.3 is 18.9 Å². The van der Waals surface area contributed by atoms with E-state index in [4.69, 9.17) is 18.9 Å². The summed E-state index contributed by atoms with van der Waals surface area (Å²) in [5, 5.41) is 0. The fraction of sp³-hybridized carbons (Fsp3) is 0.722. The first-order valence-electron chi connectivity index (χ1n) is 8.36. The van der Waals surface area contributed by atoms with Gasteiger partial charge in [-0.15, -0.1) is 0 Å². The van der Waals surface area contributed by atoms with E-state index in [2.05, 4.69) is 13.2 Å². The molecular weight excluding hydrogens is 296 g/mol. The summed E-state index contributed by atoms with van der Waals surface area (Å²) in [7, 11) is 0. The van der Waals surface area contributed by atoms with Crippen molar-refractivity contribution in [2.75, 3.05) is 39.6 Å². The van der Waals surface area contributed by atoms with Crippen molar-refractivity contribution in [1.82, 2.24) is 0 Å². The molecule has 1 aliphatic carbocycles. The van der Waals surface area contributed by atoms with E-state index in [1.54, 1.807) is 0 Å². The zero-order chi connectivity index (χ0) is 16.9. The van der Waals surface area contributed by atoms with Gasteiger partial charge in [0.15, 0.2) is 0 Å². The van der Waals surface area contributed by atoms with E-state index >= 15 is 0 Å². The fourth-order valence-corrected chi connectivity index (χ4v) is 2.31. The molecule has 0 atom stereocenters. The smallest absolute Gasteiger partial charge is 0.335 e. The third kappa shape index (κ3) is 10.3. The highest BCUT2D eigenvalue weighted by atomic mass is 16.6. The van der Waals surface area contributed by atoms with Crippen LogP contribution in [-0.4, -0.2) is 51.7 Å². The molecule has 0 N–H and O–H groups in total. The van der Waals surface area contributed by atoms with Gasteiger partial charge >= 0.3 is 5.97 Å². The topological polar surface area (TPSA) is 54.0 Å². The normalized spacial score (nSPS) is 15.3. The van der Waals surface area contributed by atoms with Crippen LogP contribution in [0.2, 0.25) is 0 Å². The van der Waals surface area contributed by atoms with Gasteiger partial charge in [0.2, 0.25) is 0 Å². The predicted octanol–water partition coefficient (Wildman–Crippen LogP) is 3.04. The van der Waals surface area contributed by atoms with Crippen molar-refractivity contribution >= 4 is 5.97 Å². The van der Waals surface area contributed by atoms with Crippen molar-refractivity contribution in [2.24, 2.45) is 0 Å². The number of carbonyl (C=O) groups is 1. The molecule has 1 rings (SSSR count). The van der Waals surface area contributed by atoms with E-state index in [-0.39, 0.29) is 13.2 Å². The summed E-state index contributed by atoms with van der Waals surface area (Å²) in [5.74, 6) is -0.450. The summed E-state index contributed by atoms with van der Waals surface area (Å²) >= 11 is 0. The van der Waals surface area contributed by atoms with E-state index in [0.29, 0.717) is 38.1 Å². The molecule has 0 amide bonds. The molecule has 0 bridgehead atoms. The first-order valence-corrected chi connectivity index (χ1v) is 8.36. The van der Waals surface area contributed by atoms with Crippen molar-refractivity contribution in [2.45, 2.75) is 45.1 Å². The molecule has 5 nitrogen and oxygen atoms in total. The van der Waals surface area contributed by atoms with E-state index in [1.807, 2.05) is 6.92 Å². The standard InChI is InChI=1S/C18H30O5/c1-15(2)13-21-14-16(3)18(19)23-12-10-20-9-11-22-17-7-5-4-6-8-17/h17H,1,3-14H2,2H3. The highest BCUT2D eigenvalue weighted by Gasteiger charge is 2.13. The van der Waals surface area contributed by atoms with Gasteiger partial charge in [-0.1, -0.05) is 38.0 Å². The van der Waals surface area contributed by atoms with Crippen LogP contribution in [0.3, 0.4) is 0 Å². The summed E-state index contributed by atoms with van der Waals surface area (Å²) in [6.45, 7) is 11.5. The summed E-state index contributed by atoms with van der Waals surface area (Å²) in [6, 6.07) is 0. The number of esters is 1. The quantitative estimate of drug-likeness (QED) is 0.239. The van der Waals surface area contributed by atoms with Gasteiger partial charge in [-0.3, -0.25) is 0 Å². The maximum Gasteiger partial charge on any atom is 0.335 e. The van der Waals surface area contributed by atoms with Gasteiger partial charge in [-0.2, -0.15) is 0 Å². The highest BCUT2D eigenvalue weighted by Crippen LogP contribution is 2.19. The number of ether oxygens (including phenoxy) is 4. The van der Waals surface area contributed by atoms with Crippen LogP contribution >= 0.6 is 0 Å². The predicted molar refractivity (Wildman–Crippen MR) is 89.4 cm³/mol. The van der Waals surface area contributed by atoms with Crippen molar-refractivity contribution < 1.29 is 23.7 Å². The SMILES string of the molecule is C=C(C)COCC(=C)C(=O)OCCOCCOC1CCCCC1. The Bertz CT molecular complexity index is 372. The monoisotopic (exact) mass is 326 g/mol. The van der Waals surface area contributed by atoms with E-state index in [1.165, 1.54) is 19.3 Å². The molecule has 1 saturated carbocycles. The lowest BCUT2D eigenvalue weighted by Crippen LogP contribution is -2.20. The third-order valence-corrected chi connectivity index (χ3v) is 3.51. The molecule has 0 heterocycles. The highest BCUT2D eigenvalue weighted by molar-refractivity contribution is 5.87. The average Bonchev–Trinajstić information content (AvgIpc) is 2.54. The largest absolute Gasteiger partial charge is 0.460 e. The molecule has 0 unspecified atom stereocenters. The van der Waals surface area contributed by atoms with Crippen molar-refractivity contribution in [3.05, 3.63) is 24.3 Å². The van der Waals surface area contributed by atoms with Gasteiger partial charge in [0.1, 0.15) is 6.61 Å². The van der Waals surface area contributed by atoms with Crippen molar-refractivity contribution in [1.29, 1.82) is 0 Å². The van der Waals surface area contributed by atoms with E-state index in [9.17, 15) is 4.79 Å². The first kappa shape index (κ1) is 19.9. The van der Waals surface area contributed by atoms with E-state index in [0.717, 1.165) is 18.4 Å². The minimum absolute atomic E-state index is 0.155. The fourth-order valence-electron chi connectivity index (χ4n) is 2.31. The molecule has 23 heavy (non-hydrogen) atoms. The molecule has 0 aromatic carbocycles. The lowest BCUT2D eigenvalue weighted by atomic mass is 9.98.